The molecule has 0 spiro atoms. The van der Waals surface area contributed by atoms with Crippen molar-refractivity contribution >= 4 is 11.7 Å². The van der Waals surface area contributed by atoms with Gasteiger partial charge >= 0.3 is 0 Å². The van der Waals surface area contributed by atoms with Crippen LogP contribution in [-0.2, 0) is 11.3 Å². The molecule has 28 heavy (non-hydrogen) atoms. The van der Waals surface area contributed by atoms with E-state index in [-0.39, 0.29) is 17.7 Å². The molecule has 2 heterocycles. The summed E-state index contributed by atoms with van der Waals surface area (Å²) >= 11 is 0. The zero-order valence-corrected chi connectivity index (χ0v) is 16.2. The van der Waals surface area contributed by atoms with Crippen molar-refractivity contribution in [1.29, 1.82) is 0 Å². The lowest BCUT2D eigenvalue weighted by Gasteiger charge is -2.26. The van der Waals surface area contributed by atoms with Crippen LogP contribution < -0.4 is 10.5 Å². The fourth-order valence-corrected chi connectivity index (χ4v) is 3.35. The van der Waals surface area contributed by atoms with Crippen LogP contribution in [0.5, 0.6) is 5.75 Å². The number of amides is 1. The highest BCUT2D eigenvalue weighted by Gasteiger charge is 2.33. The van der Waals surface area contributed by atoms with Crippen molar-refractivity contribution in [2.24, 2.45) is 0 Å². The number of halogens is 1. The molecule has 2 atom stereocenters. The van der Waals surface area contributed by atoms with Crippen LogP contribution in [-0.4, -0.2) is 58.0 Å². The maximum Gasteiger partial charge on any atom is 0.263 e. The average molecular weight is 387 g/mol. The Hall–Kier alpha value is -2.74. The number of anilines is 1. The summed E-state index contributed by atoms with van der Waals surface area (Å²) in [6, 6.07) is 7.99. The van der Waals surface area contributed by atoms with E-state index < -0.39 is 11.9 Å². The van der Waals surface area contributed by atoms with Crippen LogP contribution in [0.15, 0.2) is 36.5 Å². The van der Waals surface area contributed by atoms with Crippen molar-refractivity contribution in [2.75, 3.05) is 25.9 Å². The molecule has 1 amide bonds. The van der Waals surface area contributed by atoms with Crippen LogP contribution >= 0.6 is 0 Å². The van der Waals surface area contributed by atoms with Crippen LogP contribution in [0.4, 0.5) is 10.2 Å². The number of nitrogen functional groups attached to an aromatic ring is 1. The highest BCUT2D eigenvalue weighted by atomic mass is 19.1. The van der Waals surface area contributed by atoms with Crippen LogP contribution in [0.1, 0.15) is 25.6 Å². The van der Waals surface area contributed by atoms with Crippen LogP contribution in [0.3, 0.4) is 0 Å². The first kappa shape index (κ1) is 20.0. The number of carbonyl (C=O) groups excluding carboxylic acids is 1. The fourth-order valence-electron chi connectivity index (χ4n) is 3.35. The number of nitrogens with two attached hydrogens (primary N) is 1. The molecule has 1 aliphatic heterocycles. The number of aromatic nitrogens is 2. The summed E-state index contributed by atoms with van der Waals surface area (Å²) in [7, 11) is 1.98. The second-order valence-electron chi connectivity index (χ2n) is 6.98. The summed E-state index contributed by atoms with van der Waals surface area (Å²) in [6.45, 7) is 3.65. The molecule has 2 N–H and O–H groups in total. The largest absolute Gasteiger partial charge is 0.478 e. The van der Waals surface area contributed by atoms with E-state index in [4.69, 9.17) is 10.5 Å². The number of para-hydroxylation sites is 1. The number of hydrogen-bond acceptors (Lipinski definition) is 6. The van der Waals surface area contributed by atoms with Gasteiger partial charge in [-0.15, -0.1) is 0 Å². The Morgan fingerprint density at radius 1 is 1.43 bits per heavy atom. The molecule has 1 aromatic heterocycles. The Bertz CT molecular complexity index is 819. The summed E-state index contributed by atoms with van der Waals surface area (Å²) in [5.74, 6) is 0.630. The van der Waals surface area contributed by atoms with E-state index in [1.807, 2.05) is 14.0 Å². The van der Waals surface area contributed by atoms with E-state index in [0.29, 0.717) is 37.7 Å². The fraction of sp³-hybridized carbons (Fsp3) is 0.450. The molecular weight excluding hydrogens is 361 g/mol. The molecule has 1 aromatic carbocycles. The van der Waals surface area contributed by atoms with Gasteiger partial charge in [0.1, 0.15) is 11.6 Å². The van der Waals surface area contributed by atoms with Gasteiger partial charge in [0, 0.05) is 25.3 Å². The van der Waals surface area contributed by atoms with E-state index in [1.165, 1.54) is 12.1 Å². The van der Waals surface area contributed by atoms with Gasteiger partial charge in [0.05, 0.1) is 6.54 Å². The van der Waals surface area contributed by atoms with Crippen LogP contribution in [0, 0.1) is 5.82 Å². The number of carbonyl (C=O) groups is 1. The zero-order valence-electron chi connectivity index (χ0n) is 16.2. The van der Waals surface area contributed by atoms with Gasteiger partial charge in [-0.05, 0) is 38.1 Å². The molecule has 0 bridgehead atoms. The Kier molecular flexibility index (Phi) is 6.41. The van der Waals surface area contributed by atoms with E-state index in [9.17, 15) is 9.18 Å². The van der Waals surface area contributed by atoms with Gasteiger partial charge in [0.15, 0.2) is 17.7 Å². The van der Waals surface area contributed by atoms with E-state index in [1.54, 1.807) is 29.3 Å². The Balaban J connectivity index is 1.58. The maximum absolute atomic E-state index is 13.9. The lowest BCUT2D eigenvalue weighted by atomic mass is 10.2. The van der Waals surface area contributed by atoms with Gasteiger partial charge < -0.3 is 15.4 Å². The molecule has 1 aliphatic rings. The molecule has 7 nitrogen and oxygen atoms in total. The van der Waals surface area contributed by atoms with Gasteiger partial charge in [-0.2, -0.15) is 0 Å². The standard InChI is InChI=1S/C20H26FN5O2/c1-3-16(28-17-7-5-4-6-15(17)21)20(27)26-11-9-14(12-26)25(2)13-19-23-10-8-18(22)24-19/h4-8,10,14,16H,3,9,11-13H2,1-2H3,(H2,22,23,24)/t14-,16-/m0/s1. The molecule has 3 rings (SSSR count). The Labute approximate surface area is 164 Å². The Morgan fingerprint density at radius 2 is 2.21 bits per heavy atom. The summed E-state index contributed by atoms with van der Waals surface area (Å²) in [5.41, 5.74) is 5.71. The lowest BCUT2D eigenvalue weighted by molar-refractivity contribution is -0.138. The third kappa shape index (κ3) is 4.75. The van der Waals surface area contributed by atoms with Crippen molar-refractivity contribution in [3.63, 3.8) is 0 Å². The second-order valence-corrected chi connectivity index (χ2v) is 6.98. The number of rotatable bonds is 7. The molecule has 8 heteroatoms. The topological polar surface area (TPSA) is 84.6 Å². The van der Waals surface area contributed by atoms with E-state index in [2.05, 4.69) is 14.9 Å². The van der Waals surface area contributed by atoms with Gasteiger partial charge in [-0.1, -0.05) is 19.1 Å². The normalized spacial score (nSPS) is 17.7. The van der Waals surface area contributed by atoms with E-state index in [0.717, 1.165) is 6.42 Å². The SMILES string of the molecule is CC[C@H](Oc1ccccc1F)C(=O)N1CC[C@H](N(C)Cc2nccc(N)n2)C1. The van der Waals surface area contributed by atoms with E-state index >= 15 is 0 Å². The van der Waals surface area contributed by atoms with Crippen molar-refractivity contribution < 1.29 is 13.9 Å². The highest BCUT2D eigenvalue weighted by molar-refractivity contribution is 5.81. The second kappa shape index (κ2) is 8.97. The number of hydrogen-bond donors (Lipinski definition) is 1. The summed E-state index contributed by atoms with van der Waals surface area (Å²) < 4.78 is 19.5. The summed E-state index contributed by atoms with van der Waals surface area (Å²) in [5, 5.41) is 0. The third-order valence-electron chi connectivity index (χ3n) is 4.97. The Morgan fingerprint density at radius 3 is 2.93 bits per heavy atom. The average Bonchev–Trinajstić information content (AvgIpc) is 3.17. The van der Waals surface area contributed by atoms with Crippen molar-refractivity contribution in [2.45, 2.75) is 38.5 Å². The van der Waals surface area contributed by atoms with Crippen LogP contribution in [0.25, 0.3) is 0 Å². The molecule has 2 aromatic rings. The monoisotopic (exact) mass is 387 g/mol. The van der Waals surface area contributed by atoms with Gasteiger partial charge in [0.25, 0.3) is 5.91 Å². The first-order valence-corrected chi connectivity index (χ1v) is 9.45. The molecule has 0 aliphatic carbocycles. The molecule has 0 radical (unpaired) electrons. The van der Waals surface area contributed by atoms with Crippen molar-refractivity contribution in [1.82, 2.24) is 19.8 Å². The predicted octanol–water partition coefficient (Wildman–Crippen LogP) is 2.09. The number of benzene rings is 1. The molecule has 150 valence electrons. The lowest BCUT2D eigenvalue weighted by Crippen LogP contribution is -2.42. The summed E-state index contributed by atoms with van der Waals surface area (Å²) in [6.07, 6.45) is 2.27. The van der Waals surface area contributed by atoms with Crippen LogP contribution in [0.2, 0.25) is 0 Å². The van der Waals surface area contributed by atoms with Crippen molar-refractivity contribution in [3.8, 4) is 5.75 Å². The van der Waals surface area contributed by atoms with Crippen molar-refractivity contribution in [3.05, 3.63) is 48.2 Å². The predicted molar refractivity (Wildman–Crippen MR) is 104 cm³/mol. The van der Waals surface area contributed by atoms with Gasteiger partial charge in [-0.25, -0.2) is 14.4 Å². The highest BCUT2D eigenvalue weighted by Crippen LogP contribution is 2.22. The summed E-state index contributed by atoms with van der Waals surface area (Å²) in [4.78, 5) is 25.3. The first-order chi connectivity index (χ1) is 13.5. The smallest absolute Gasteiger partial charge is 0.263 e. The quantitative estimate of drug-likeness (QED) is 0.783. The maximum atomic E-state index is 13.9. The molecular formula is C20H26FN5O2. The molecule has 1 saturated heterocycles. The minimum absolute atomic E-state index is 0.106. The number of nitrogens with zero attached hydrogens (tertiary/aromatic N) is 4. The number of ether oxygens (including phenoxy) is 1. The third-order valence-corrected chi connectivity index (χ3v) is 4.97. The number of likely N-dealkylation sites (tertiary alicyclic amines) is 1. The minimum Gasteiger partial charge on any atom is -0.478 e. The van der Waals surface area contributed by atoms with Gasteiger partial charge in [-0.3, -0.25) is 9.69 Å². The minimum atomic E-state index is -0.696. The molecule has 1 fully saturated rings. The van der Waals surface area contributed by atoms with Gasteiger partial charge in [0.2, 0.25) is 0 Å². The molecule has 0 saturated carbocycles. The molecule has 0 unspecified atom stereocenters. The zero-order chi connectivity index (χ0) is 20.1. The number of likely N-dealkylation sites (N-methyl/N-ethyl adjacent to an activating group) is 1. The first-order valence-electron chi connectivity index (χ1n) is 9.45.